The summed E-state index contributed by atoms with van der Waals surface area (Å²) in [6.07, 6.45) is 3.27. The average molecular weight is 559 g/mol. The van der Waals surface area contributed by atoms with E-state index in [1.165, 1.54) is 34.6 Å². The van der Waals surface area contributed by atoms with E-state index in [0.717, 1.165) is 62.5 Å². The third kappa shape index (κ3) is 6.71. The number of amides is 1. The van der Waals surface area contributed by atoms with Crippen LogP contribution in [0.15, 0.2) is 54.7 Å². The number of carbonyl (C=O) groups excluding carboxylic acids is 1. The first-order chi connectivity index (χ1) is 19.8. The molecule has 0 unspecified atom stereocenters. The van der Waals surface area contributed by atoms with Crippen molar-refractivity contribution in [3.8, 4) is 0 Å². The van der Waals surface area contributed by atoms with Crippen LogP contribution < -0.4 is 15.5 Å². The normalized spacial score (nSPS) is 18.2. The van der Waals surface area contributed by atoms with E-state index >= 15 is 0 Å². The van der Waals surface area contributed by atoms with Gasteiger partial charge in [0.1, 0.15) is 11.6 Å². The van der Waals surface area contributed by atoms with Crippen molar-refractivity contribution in [2.24, 2.45) is 5.73 Å². The molecule has 2 aliphatic heterocycles. The molecular weight excluding hydrogens is 515 g/mol. The molecule has 0 aliphatic carbocycles. The maximum absolute atomic E-state index is 13.8. The van der Waals surface area contributed by atoms with Crippen LogP contribution >= 0.6 is 0 Å². The minimum absolute atomic E-state index is 0.0214. The molecule has 2 aromatic carbocycles. The highest BCUT2D eigenvalue weighted by Crippen LogP contribution is 2.26. The first-order valence-corrected chi connectivity index (χ1v) is 14.9. The summed E-state index contributed by atoms with van der Waals surface area (Å²) in [7, 11) is 0. The molecule has 3 aromatic rings. The standard InChI is InChI=1S/C33H43FN6O/c1-24-19-25(2)30(33(41)40-18-17-39(22-26(40)3)32-11-10-29(34)21-36-32)20-28(24)23-37-13-15-38(16-14-37)31-9-5-4-7-27(31)8-6-12-35/h4-5,7,9-11,19-21,26H,6,8,12-18,22-23,35H2,1-3H3/t26-/m1/s1. The fraction of sp³-hybridized carbons (Fsp3) is 0.455. The van der Waals surface area contributed by atoms with Crippen LogP contribution in [0, 0.1) is 19.7 Å². The SMILES string of the molecule is Cc1cc(C)c(C(=O)N2CCN(c3ccc(F)cn3)C[C@H]2C)cc1CN1CCN(c2ccccc2CCCN)CC1. The maximum atomic E-state index is 13.8. The highest BCUT2D eigenvalue weighted by molar-refractivity contribution is 5.96. The minimum Gasteiger partial charge on any atom is -0.369 e. The van der Waals surface area contributed by atoms with E-state index in [2.05, 4.69) is 69.9 Å². The molecule has 5 rings (SSSR count). The second-order valence-corrected chi connectivity index (χ2v) is 11.5. The van der Waals surface area contributed by atoms with Crippen LogP contribution in [0.25, 0.3) is 0 Å². The van der Waals surface area contributed by atoms with Crippen molar-refractivity contribution in [1.29, 1.82) is 0 Å². The molecule has 218 valence electrons. The number of rotatable bonds is 8. The number of hydrogen-bond donors (Lipinski definition) is 1. The molecule has 41 heavy (non-hydrogen) atoms. The van der Waals surface area contributed by atoms with Crippen molar-refractivity contribution in [2.45, 2.75) is 46.2 Å². The molecule has 2 saturated heterocycles. The molecule has 2 aliphatic rings. The lowest BCUT2D eigenvalue weighted by Gasteiger charge is -2.40. The second-order valence-electron chi connectivity index (χ2n) is 11.5. The van der Waals surface area contributed by atoms with E-state index in [4.69, 9.17) is 5.73 Å². The zero-order valence-electron chi connectivity index (χ0n) is 24.7. The van der Waals surface area contributed by atoms with Crippen molar-refractivity contribution in [1.82, 2.24) is 14.8 Å². The average Bonchev–Trinajstić information content (AvgIpc) is 2.98. The topological polar surface area (TPSA) is 68.9 Å². The summed E-state index contributed by atoms with van der Waals surface area (Å²) in [5, 5.41) is 0. The molecule has 1 atom stereocenters. The molecule has 1 aromatic heterocycles. The Morgan fingerprint density at radius 2 is 1.71 bits per heavy atom. The largest absolute Gasteiger partial charge is 0.369 e. The van der Waals surface area contributed by atoms with E-state index in [0.29, 0.717) is 26.2 Å². The fourth-order valence-electron chi connectivity index (χ4n) is 6.19. The predicted octanol–water partition coefficient (Wildman–Crippen LogP) is 4.40. The molecular formula is C33H43FN6O. The molecule has 0 spiro atoms. The lowest BCUT2D eigenvalue weighted by atomic mass is 9.97. The van der Waals surface area contributed by atoms with Crippen LogP contribution in [0.4, 0.5) is 15.9 Å². The maximum Gasteiger partial charge on any atom is 0.254 e. The number of anilines is 2. The van der Waals surface area contributed by atoms with Gasteiger partial charge in [0.25, 0.3) is 5.91 Å². The van der Waals surface area contributed by atoms with Gasteiger partial charge in [-0.15, -0.1) is 0 Å². The monoisotopic (exact) mass is 558 g/mol. The zero-order chi connectivity index (χ0) is 28.9. The Balaban J connectivity index is 1.22. The molecule has 2 N–H and O–H groups in total. The third-order valence-corrected chi connectivity index (χ3v) is 8.59. The van der Waals surface area contributed by atoms with Crippen molar-refractivity contribution in [3.05, 3.63) is 88.4 Å². The number of hydrogen-bond acceptors (Lipinski definition) is 6. The van der Waals surface area contributed by atoms with Crippen LogP contribution in [-0.4, -0.2) is 79.1 Å². The molecule has 0 radical (unpaired) electrons. The van der Waals surface area contributed by atoms with Crippen molar-refractivity contribution >= 4 is 17.4 Å². The molecule has 0 saturated carbocycles. The van der Waals surface area contributed by atoms with Crippen molar-refractivity contribution in [3.63, 3.8) is 0 Å². The van der Waals surface area contributed by atoms with Gasteiger partial charge in [-0.05, 0) is 86.7 Å². The molecule has 7 nitrogen and oxygen atoms in total. The summed E-state index contributed by atoms with van der Waals surface area (Å²) in [6, 6.07) is 16.2. The fourth-order valence-corrected chi connectivity index (χ4v) is 6.19. The Morgan fingerprint density at radius 1 is 0.951 bits per heavy atom. The number of benzene rings is 2. The Labute approximate surface area is 243 Å². The number of pyridine rings is 1. The van der Waals surface area contributed by atoms with Gasteiger partial charge in [-0.1, -0.05) is 24.3 Å². The highest BCUT2D eigenvalue weighted by Gasteiger charge is 2.30. The summed E-state index contributed by atoms with van der Waals surface area (Å²) in [4.78, 5) is 27.1. The van der Waals surface area contributed by atoms with Gasteiger partial charge in [0.05, 0.1) is 6.20 Å². The van der Waals surface area contributed by atoms with E-state index < -0.39 is 0 Å². The second kappa shape index (κ2) is 13.0. The van der Waals surface area contributed by atoms with Gasteiger partial charge in [0.15, 0.2) is 0 Å². The van der Waals surface area contributed by atoms with Gasteiger partial charge >= 0.3 is 0 Å². The summed E-state index contributed by atoms with van der Waals surface area (Å²) in [5.41, 5.74) is 12.7. The lowest BCUT2D eigenvalue weighted by molar-refractivity contribution is 0.0672. The zero-order valence-corrected chi connectivity index (χ0v) is 24.7. The van der Waals surface area contributed by atoms with Gasteiger partial charge < -0.3 is 20.4 Å². The molecule has 3 heterocycles. The number of piperazine rings is 2. The summed E-state index contributed by atoms with van der Waals surface area (Å²) in [6.45, 7) is 13.7. The van der Waals surface area contributed by atoms with E-state index in [-0.39, 0.29) is 17.8 Å². The molecule has 1 amide bonds. The first-order valence-electron chi connectivity index (χ1n) is 14.9. The number of nitrogens with zero attached hydrogens (tertiary/aromatic N) is 5. The number of para-hydroxylation sites is 1. The van der Waals surface area contributed by atoms with E-state index in [1.807, 2.05) is 11.8 Å². The Hall–Kier alpha value is -3.49. The summed E-state index contributed by atoms with van der Waals surface area (Å²) < 4.78 is 13.3. The van der Waals surface area contributed by atoms with Crippen LogP contribution in [0.1, 0.15) is 46.0 Å². The Kier molecular flexibility index (Phi) is 9.20. The quantitative estimate of drug-likeness (QED) is 0.442. The van der Waals surface area contributed by atoms with Crippen LogP contribution in [0.5, 0.6) is 0 Å². The smallest absolute Gasteiger partial charge is 0.254 e. The van der Waals surface area contributed by atoms with Crippen molar-refractivity contribution < 1.29 is 9.18 Å². The number of nitrogens with two attached hydrogens (primary N) is 1. The van der Waals surface area contributed by atoms with E-state index in [9.17, 15) is 9.18 Å². The van der Waals surface area contributed by atoms with Gasteiger partial charge in [0.2, 0.25) is 0 Å². The van der Waals surface area contributed by atoms with Crippen LogP contribution in [-0.2, 0) is 13.0 Å². The third-order valence-electron chi connectivity index (χ3n) is 8.59. The lowest BCUT2D eigenvalue weighted by Crippen LogP contribution is -2.54. The summed E-state index contributed by atoms with van der Waals surface area (Å²) in [5.74, 6) is 0.493. The van der Waals surface area contributed by atoms with Crippen LogP contribution in [0.2, 0.25) is 0 Å². The van der Waals surface area contributed by atoms with Gasteiger partial charge in [-0.3, -0.25) is 9.69 Å². The number of carbonyl (C=O) groups is 1. The number of aryl methyl sites for hydroxylation is 3. The first kappa shape index (κ1) is 29.0. The molecule has 2 fully saturated rings. The minimum atomic E-state index is -0.341. The van der Waals surface area contributed by atoms with Gasteiger partial charge in [0, 0.05) is 69.7 Å². The van der Waals surface area contributed by atoms with Crippen LogP contribution in [0.3, 0.4) is 0 Å². The summed E-state index contributed by atoms with van der Waals surface area (Å²) >= 11 is 0. The molecule has 8 heteroatoms. The number of halogens is 1. The highest BCUT2D eigenvalue weighted by atomic mass is 19.1. The Bertz CT molecular complexity index is 1340. The Morgan fingerprint density at radius 3 is 2.41 bits per heavy atom. The molecule has 0 bridgehead atoms. The number of aromatic nitrogens is 1. The van der Waals surface area contributed by atoms with Crippen molar-refractivity contribution in [2.75, 3.05) is 62.2 Å². The van der Waals surface area contributed by atoms with Gasteiger partial charge in [-0.25, -0.2) is 9.37 Å². The predicted molar refractivity (Wildman–Crippen MR) is 164 cm³/mol. The van der Waals surface area contributed by atoms with E-state index in [1.54, 1.807) is 6.07 Å². The van der Waals surface area contributed by atoms with Gasteiger partial charge in [-0.2, -0.15) is 0 Å².